The number of carbonyl (C=O) groups excluding carboxylic acids is 2. The van der Waals surface area contributed by atoms with Crippen molar-refractivity contribution >= 4 is 34.8 Å². The summed E-state index contributed by atoms with van der Waals surface area (Å²) in [7, 11) is 0. The van der Waals surface area contributed by atoms with E-state index in [2.05, 4.69) is 0 Å². The van der Waals surface area contributed by atoms with Gasteiger partial charge in [-0.15, -0.1) is 0 Å². The second kappa shape index (κ2) is 7.25. The lowest BCUT2D eigenvalue weighted by molar-refractivity contribution is -0.116. The fourth-order valence-electron chi connectivity index (χ4n) is 3.02. The van der Waals surface area contributed by atoms with E-state index in [4.69, 9.17) is 16.3 Å². The van der Waals surface area contributed by atoms with Crippen LogP contribution in [0.5, 0.6) is 11.5 Å². The molecule has 2 amide bonds. The van der Waals surface area contributed by atoms with E-state index in [0.717, 1.165) is 0 Å². The Bertz CT molecular complexity index is 869. The number of ether oxygens (including phenoxy) is 1. The first-order chi connectivity index (χ1) is 12.4. The van der Waals surface area contributed by atoms with Gasteiger partial charge < -0.3 is 19.6 Å². The molecule has 1 aliphatic rings. The predicted molar refractivity (Wildman–Crippen MR) is 100 cm³/mol. The van der Waals surface area contributed by atoms with Crippen LogP contribution in [-0.4, -0.2) is 36.6 Å². The summed E-state index contributed by atoms with van der Waals surface area (Å²) in [6.07, 6.45) is 0. The summed E-state index contributed by atoms with van der Waals surface area (Å²) in [5, 5.41) is 10.0. The highest BCUT2D eigenvalue weighted by Gasteiger charge is 2.29. The molecular weight excluding hydrogens is 356 g/mol. The Balaban J connectivity index is 2.01. The summed E-state index contributed by atoms with van der Waals surface area (Å²) in [4.78, 5) is 28.2. The molecule has 6 nitrogen and oxygen atoms in total. The number of hydrogen-bond acceptors (Lipinski definition) is 4. The third kappa shape index (κ3) is 3.20. The summed E-state index contributed by atoms with van der Waals surface area (Å²) in [5.74, 6) is -0.370. The molecule has 0 bridgehead atoms. The maximum Gasteiger partial charge on any atom is 0.258 e. The zero-order chi connectivity index (χ0) is 18.8. The van der Waals surface area contributed by atoms with Crippen molar-refractivity contribution in [1.82, 2.24) is 0 Å². The Morgan fingerprint density at radius 1 is 1.15 bits per heavy atom. The Labute approximate surface area is 156 Å². The quantitative estimate of drug-likeness (QED) is 0.893. The number of hydrogen-bond donors (Lipinski definition) is 1. The molecule has 0 saturated heterocycles. The van der Waals surface area contributed by atoms with Crippen molar-refractivity contribution in [2.45, 2.75) is 13.8 Å². The van der Waals surface area contributed by atoms with Gasteiger partial charge in [-0.2, -0.15) is 0 Å². The zero-order valence-corrected chi connectivity index (χ0v) is 15.3. The number of halogens is 1. The average Bonchev–Trinajstić information content (AvgIpc) is 2.63. The van der Waals surface area contributed by atoms with Gasteiger partial charge in [-0.1, -0.05) is 23.7 Å². The van der Waals surface area contributed by atoms with Crippen molar-refractivity contribution in [1.29, 1.82) is 0 Å². The SMILES string of the molecule is CCOc1cc(C(=O)N2CCN(C(C)=O)c3ccccc32)cc(Cl)c1O. The minimum atomic E-state index is -0.275. The van der Waals surface area contributed by atoms with Gasteiger partial charge in [-0.05, 0) is 31.2 Å². The molecule has 0 atom stereocenters. The molecule has 0 spiro atoms. The van der Waals surface area contributed by atoms with Gasteiger partial charge in [0.25, 0.3) is 5.91 Å². The summed E-state index contributed by atoms with van der Waals surface area (Å²) in [6.45, 7) is 4.38. The first kappa shape index (κ1) is 18.1. The number of aromatic hydroxyl groups is 1. The zero-order valence-electron chi connectivity index (χ0n) is 14.5. The van der Waals surface area contributed by atoms with E-state index in [9.17, 15) is 14.7 Å². The third-order valence-corrected chi connectivity index (χ3v) is 4.50. The molecule has 26 heavy (non-hydrogen) atoms. The molecule has 0 radical (unpaired) electrons. The van der Waals surface area contributed by atoms with Gasteiger partial charge in [0.1, 0.15) is 0 Å². The van der Waals surface area contributed by atoms with E-state index in [1.807, 2.05) is 18.2 Å². The van der Waals surface area contributed by atoms with Gasteiger partial charge in [-0.3, -0.25) is 9.59 Å². The van der Waals surface area contributed by atoms with Gasteiger partial charge in [0.15, 0.2) is 11.5 Å². The second-order valence-electron chi connectivity index (χ2n) is 5.85. The van der Waals surface area contributed by atoms with E-state index < -0.39 is 0 Å². The Hall–Kier alpha value is -2.73. The number of anilines is 2. The third-order valence-electron chi connectivity index (χ3n) is 4.21. The summed E-state index contributed by atoms with van der Waals surface area (Å²) in [6, 6.07) is 10.2. The van der Waals surface area contributed by atoms with E-state index in [1.54, 1.807) is 22.8 Å². The van der Waals surface area contributed by atoms with Crippen LogP contribution < -0.4 is 14.5 Å². The van der Waals surface area contributed by atoms with E-state index in [-0.39, 0.29) is 28.3 Å². The minimum absolute atomic E-state index is 0.0509. The molecule has 0 fully saturated rings. The standard InChI is InChI=1S/C19H19ClN2O4/c1-3-26-17-11-13(10-14(20)18(17)24)19(25)22-9-8-21(12(2)23)15-6-4-5-7-16(15)22/h4-7,10-11,24H,3,8-9H2,1-2H3. The minimum Gasteiger partial charge on any atom is -0.503 e. The van der Waals surface area contributed by atoms with Gasteiger partial charge in [0, 0.05) is 25.6 Å². The lowest BCUT2D eigenvalue weighted by Gasteiger charge is -2.36. The molecule has 2 aromatic rings. The molecule has 3 rings (SSSR count). The molecule has 0 aliphatic carbocycles. The molecule has 136 valence electrons. The average molecular weight is 375 g/mol. The van der Waals surface area contributed by atoms with E-state index in [1.165, 1.54) is 19.1 Å². The molecule has 1 aliphatic heterocycles. The van der Waals surface area contributed by atoms with E-state index >= 15 is 0 Å². The highest BCUT2D eigenvalue weighted by atomic mass is 35.5. The van der Waals surface area contributed by atoms with Crippen molar-refractivity contribution in [3.05, 3.63) is 47.0 Å². The van der Waals surface area contributed by atoms with Crippen molar-refractivity contribution < 1.29 is 19.4 Å². The number of phenols is 1. The highest BCUT2D eigenvalue weighted by Crippen LogP contribution is 2.38. The fraction of sp³-hybridized carbons (Fsp3) is 0.263. The van der Waals surface area contributed by atoms with Crippen LogP contribution in [0.3, 0.4) is 0 Å². The smallest absolute Gasteiger partial charge is 0.258 e. The van der Waals surface area contributed by atoms with Crippen LogP contribution in [0.15, 0.2) is 36.4 Å². The molecular formula is C19H19ClN2O4. The number of phenolic OH excluding ortho intramolecular Hbond substituents is 1. The van der Waals surface area contributed by atoms with E-state index in [0.29, 0.717) is 36.6 Å². The molecule has 1 N–H and O–H groups in total. The lowest BCUT2D eigenvalue weighted by atomic mass is 10.1. The van der Waals surface area contributed by atoms with Crippen molar-refractivity contribution in [3.8, 4) is 11.5 Å². The summed E-state index contributed by atoms with van der Waals surface area (Å²) < 4.78 is 5.36. The number of carbonyl (C=O) groups is 2. The van der Waals surface area contributed by atoms with Crippen LogP contribution in [-0.2, 0) is 4.79 Å². The summed E-state index contributed by atoms with van der Waals surface area (Å²) >= 11 is 6.05. The number of rotatable bonds is 3. The topological polar surface area (TPSA) is 70.1 Å². The number of amides is 2. The summed E-state index contributed by atoms with van der Waals surface area (Å²) in [5.41, 5.74) is 1.65. The van der Waals surface area contributed by atoms with Gasteiger partial charge in [0.2, 0.25) is 5.91 Å². The fourth-order valence-corrected chi connectivity index (χ4v) is 3.23. The van der Waals surface area contributed by atoms with Crippen molar-refractivity contribution in [2.24, 2.45) is 0 Å². The molecule has 2 aromatic carbocycles. The van der Waals surface area contributed by atoms with Crippen LogP contribution in [0.1, 0.15) is 24.2 Å². The van der Waals surface area contributed by atoms with Crippen LogP contribution in [0.4, 0.5) is 11.4 Å². The Morgan fingerprint density at radius 3 is 2.38 bits per heavy atom. The maximum absolute atomic E-state index is 13.1. The van der Waals surface area contributed by atoms with Crippen molar-refractivity contribution in [2.75, 3.05) is 29.5 Å². The number of para-hydroxylation sites is 2. The van der Waals surface area contributed by atoms with Gasteiger partial charge in [-0.25, -0.2) is 0 Å². The van der Waals surface area contributed by atoms with Crippen LogP contribution in [0.25, 0.3) is 0 Å². The van der Waals surface area contributed by atoms with Gasteiger partial charge >= 0.3 is 0 Å². The monoisotopic (exact) mass is 374 g/mol. The highest BCUT2D eigenvalue weighted by molar-refractivity contribution is 6.32. The molecule has 0 unspecified atom stereocenters. The normalized spacial score (nSPS) is 13.3. The number of benzene rings is 2. The lowest BCUT2D eigenvalue weighted by Crippen LogP contribution is -2.45. The van der Waals surface area contributed by atoms with Crippen molar-refractivity contribution in [3.63, 3.8) is 0 Å². The largest absolute Gasteiger partial charge is 0.503 e. The molecule has 0 saturated carbocycles. The van der Waals surface area contributed by atoms with Crippen LogP contribution >= 0.6 is 11.6 Å². The molecule has 1 heterocycles. The Morgan fingerprint density at radius 2 is 1.77 bits per heavy atom. The van der Waals surface area contributed by atoms with Crippen LogP contribution in [0, 0.1) is 0 Å². The first-order valence-corrected chi connectivity index (χ1v) is 8.66. The second-order valence-corrected chi connectivity index (χ2v) is 6.26. The number of fused-ring (bicyclic) bond motifs is 1. The molecule has 0 aromatic heterocycles. The van der Waals surface area contributed by atoms with Gasteiger partial charge in [0.05, 0.1) is 23.0 Å². The molecule has 7 heteroatoms. The number of nitrogens with zero attached hydrogens (tertiary/aromatic N) is 2. The Kier molecular flexibility index (Phi) is 5.04. The maximum atomic E-state index is 13.1. The van der Waals surface area contributed by atoms with Crippen LogP contribution in [0.2, 0.25) is 5.02 Å². The first-order valence-electron chi connectivity index (χ1n) is 8.28. The predicted octanol–water partition coefficient (Wildman–Crippen LogP) is 3.46.